The first-order chi connectivity index (χ1) is 8.16. The minimum absolute atomic E-state index is 0.00176. The van der Waals surface area contributed by atoms with Gasteiger partial charge in [-0.15, -0.1) is 0 Å². The van der Waals surface area contributed by atoms with Crippen molar-refractivity contribution in [3.63, 3.8) is 0 Å². The lowest BCUT2D eigenvalue weighted by Crippen LogP contribution is -2.42. The summed E-state index contributed by atoms with van der Waals surface area (Å²) in [5.74, 6) is 0.00176. The van der Waals surface area contributed by atoms with E-state index in [2.05, 4.69) is 15.6 Å². The highest BCUT2D eigenvalue weighted by Gasteiger charge is 2.17. The summed E-state index contributed by atoms with van der Waals surface area (Å²) in [7, 11) is 0. The molecule has 1 aromatic heterocycles. The van der Waals surface area contributed by atoms with Gasteiger partial charge < -0.3 is 10.6 Å². The number of carbonyl (C=O) groups is 1. The number of carbonyl (C=O) groups excluding carboxylic acids is 1. The molecule has 2 N–H and O–H groups in total. The quantitative estimate of drug-likeness (QED) is 0.806. The van der Waals surface area contributed by atoms with E-state index in [1.54, 1.807) is 0 Å². The zero-order valence-electron chi connectivity index (χ0n) is 10.4. The highest BCUT2D eigenvalue weighted by atomic mass is 16.1. The van der Waals surface area contributed by atoms with Crippen LogP contribution in [0, 0.1) is 13.8 Å². The van der Waals surface area contributed by atoms with Gasteiger partial charge >= 0.3 is 0 Å². The number of hydrogen-bond acceptors (Lipinski definition) is 3. The van der Waals surface area contributed by atoms with E-state index in [-0.39, 0.29) is 5.91 Å². The summed E-state index contributed by atoms with van der Waals surface area (Å²) in [5.41, 5.74) is 2.44. The van der Waals surface area contributed by atoms with Gasteiger partial charge in [-0.05, 0) is 51.9 Å². The normalized spacial score (nSPS) is 16.8. The second kappa shape index (κ2) is 5.27. The lowest BCUT2D eigenvalue weighted by molar-refractivity contribution is 0.0928. The monoisotopic (exact) mass is 233 g/mol. The van der Waals surface area contributed by atoms with E-state index in [4.69, 9.17) is 0 Å². The molecule has 1 fully saturated rings. The van der Waals surface area contributed by atoms with E-state index < -0.39 is 0 Å². The fourth-order valence-electron chi connectivity index (χ4n) is 2.16. The van der Waals surface area contributed by atoms with Gasteiger partial charge in [0, 0.05) is 11.7 Å². The molecule has 1 aliphatic heterocycles. The Balaban J connectivity index is 2.03. The molecule has 1 aliphatic rings. The zero-order valence-corrected chi connectivity index (χ0v) is 10.4. The van der Waals surface area contributed by atoms with E-state index in [0.717, 1.165) is 37.3 Å². The van der Waals surface area contributed by atoms with Gasteiger partial charge in [-0.25, -0.2) is 0 Å². The van der Waals surface area contributed by atoms with Crippen LogP contribution < -0.4 is 10.6 Å². The van der Waals surface area contributed by atoms with Crippen LogP contribution in [0.5, 0.6) is 0 Å². The van der Waals surface area contributed by atoms with Gasteiger partial charge in [0.25, 0.3) is 5.91 Å². The summed E-state index contributed by atoms with van der Waals surface area (Å²) in [6, 6.07) is 4.03. The third kappa shape index (κ3) is 3.03. The zero-order chi connectivity index (χ0) is 12.3. The fraction of sp³-hybridized carbons (Fsp3) is 0.538. The van der Waals surface area contributed by atoms with Crippen molar-refractivity contribution in [3.05, 3.63) is 29.1 Å². The SMILES string of the molecule is Cc1ccc(C(=O)NC2CCNCC2)c(C)n1. The number of piperidine rings is 1. The fourth-order valence-corrected chi connectivity index (χ4v) is 2.16. The van der Waals surface area contributed by atoms with Crippen LogP contribution >= 0.6 is 0 Å². The predicted octanol–water partition coefficient (Wildman–Crippen LogP) is 1.18. The van der Waals surface area contributed by atoms with Crippen molar-refractivity contribution >= 4 is 5.91 Å². The maximum atomic E-state index is 12.1. The number of nitrogens with zero attached hydrogens (tertiary/aromatic N) is 1. The van der Waals surface area contributed by atoms with Crippen molar-refractivity contribution in [2.24, 2.45) is 0 Å². The first-order valence-electron chi connectivity index (χ1n) is 6.12. The minimum Gasteiger partial charge on any atom is -0.349 e. The lowest BCUT2D eigenvalue weighted by atomic mass is 10.1. The third-order valence-corrected chi connectivity index (χ3v) is 3.14. The first-order valence-corrected chi connectivity index (χ1v) is 6.12. The van der Waals surface area contributed by atoms with Gasteiger partial charge in [0.05, 0.1) is 11.3 Å². The Morgan fingerprint density at radius 2 is 2.06 bits per heavy atom. The predicted molar refractivity (Wildman–Crippen MR) is 67.1 cm³/mol. The molecule has 0 bridgehead atoms. The summed E-state index contributed by atoms with van der Waals surface area (Å²) in [6.07, 6.45) is 2.01. The van der Waals surface area contributed by atoms with Crippen LogP contribution in [0.15, 0.2) is 12.1 Å². The maximum absolute atomic E-state index is 12.1. The molecule has 0 aliphatic carbocycles. The number of amides is 1. The number of hydrogen-bond donors (Lipinski definition) is 2. The molecule has 0 saturated carbocycles. The Kier molecular flexibility index (Phi) is 3.74. The van der Waals surface area contributed by atoms with E-state index in [1.165, 1.54) is 0 Å². The van der Waals surface area contributed by atoms with Gasteiger partial charge in [0.1, 0.15) is 0 Å². The van der Waals surface area contributed by atoms with Crippen molar-refractivity contribution in [1.82, 2.24) is 15.6 Å². The van der Waals surface area contributed by atoms with Gasteiger partial charge in [-0.3, -0.25) is 9.78 Å². The van der Waals surface area contributed by atoms with Gasteiger partial charge in [-0.2, -0.15) is 0 Å². The van der Waals surface area contributed by atoms with Crippen LogP contribution in [-0.2, 0) is 0 Å². The highest BCUT2D eigenvalue weighted by molar-refractivity contribution is 5.95. The van der Waals surface area contributed by atoms with Crippen LogP contribution in [0.1, 0.15) is 34.6 Å². The Morgan fingerprint density at radius 3 is 2.71 bits per heavy atom. The summed E-state index contributed by atoms with van der Waals surface area (Å²) < 4.78 is 0. The Bertz CT molecular complexity index is 411. The first kappa shape index (κ1) is 12.0. The molecule has 4 heteroatoms. The average molecular weight is 233 g/mol. The summed E-state index contributed by atoms with van der Waals surface area (Å²) in [5, 5.41) is 6.36. The molecule has 1 saturated heterocycles. The number of nitrogens with one attached hydrogen (secondary N) is 2. The summed E-state index contributed by atoms with van der Waals surface area (Å²) in [4.78, 5) is 16.4. The minimum atomic E-state index is 0.00176. The molecule has 2 rings (SSSR count). The lowest BCUT2D eigenvalue weighted by Gasteiger charge is -2.23. The third-order valence-electron chi connectivity index (χ3n) is 3.14. The maximum Gasteiger partial charge on any atom is 0.253 e. The molecule has 4 nitrogen and oxygen atoms in total. The van der Waals surface area contributed by atoms with Gasteiger partial charge in [0.2, 0.25) is 0 Å². The molecule has 2 heterocycles. The highest BCUT2D eigenvalue weighted by Crippen LogP contribution is 2.09. The smallest absolute Gasteiger partial charge is 0.253 e. The average Bonchev–Trinajstić information content (AvgIpc) is 2.30. The van der Waals surface area contributed by atoms with Crippen molar-refractivity contribution in [2.45, 2.75) is 32.7 Å². The Labute approximate surface area is 102 Å². The van der Waals surface area contributed by atoms with Crippen LogP contribution in [0.4, 0.5) is 0 Å². The molecule has 1 aromatic rings. The number of aromatic nitrogens is 1. The molecule has 0 aromatic carbocycles. The molecule has 0 atom stereocenters. The molecular weight excluding hydrogens is 214 g/mol. The van der Waals surface area contributed by atoms with E-state index in [0.29, 0.717) is 11.6 Å². The summed E-state index contributed by atoms with van der Waals surface area (Å²) >= 11 is 0. The van der Waals surface area contributed by atoms with Gasteiger partial charge in [0.15, 0.2) is 0 Å². The van der Waals surface area contributed by atoms with Crippen molar-refractivity contribution < 1.29 is 4.79 Å². The molecule has 92 valence electrons. The van der Waals surface area contributed by atoms with Gasteiger partial charge in [-0.1, -0.05) is 0 Å². The van der Waals surface area contributed by atoms with E-state index in [1.807, 2.05) is 26.0 Å². The topological polar surface area (TPSA) is 54.0 Å². The molecule has 17 heavy (non-hydrogen) atoms. The molecule has 0 spiro atoms. The van der Waals surface area contributed by atoms with E-state index in [9.17, 15) is 4.79 Å². The second-order valence-electron chi connectivity index (χ2n) is 4.58. The van der Waals surface area contributed by atoms with Crippen molar-refractivity contribution in [1.29, 1.82) is 0 Å². The molecule has 0 radical (unpaired) electrons. The number of aryl methyl sites for hydroxylation is 2. The summed E-state index contributed by atoms with van der Waals surface area (Å²) in [6.45, 7) is 5.78. The van der Waals surface area contributed by atoms with Crippen molar-refractivity contribution in [3.8, 4) is 0 Å². The molecule has 1 amide bonds. The largest absolute Gasteiger partial charge is 0.349 e. The standard InChI is InChI=1S/C13H19N3O/c1-9-3-4-12(10(2)15-9)13(17)16-11-5-7-14-8-6-11/h3-4,11,14H,5-8H2,1-2H3,(H,16,17). The Morgan fingerprint density at radius 1 is 1.35 bits per heavy atom. The van der Waals surface area contributed by atoms with Crippen LogP contribution in [0.3, 0.4) is 0 Å². The number of rotatable bonds is 2. The second-order valence-corrected chi connectivity index (χ2v) is 4.58. The Hall–Kier alpha value is -1.42. The van der Waals surface area contributed by atoms with E-state index >= 15 is 0 Å². The number of pyridine rings is 1. The molecule has 0 unspecified atom stereocenters. The van der Waals surface area contributed by atoms with Crippen LogP contribution in [-0.4, -0.2) is 30.0 Å². The van der Waals surface area contributed by atoms with Crippen molar-refractivity contribution in [2.75, 3.05) is 13.1 Å². The molecular formula is C13H19N3O. The van der Waals surface area contributed by atoms with Crippen LogP contribution in [0.25, 0.3) is 0 Å². The van der Waals surface area contributed by atoms with Crippen LogP contribution in [0.2, 0.25) is 0 Å².